The van der Waals surface area contributed by atoms with Crippen LogP contribution < -0.4 is 0 Å². The quantitative estimate of drug-likeness (QED) is 0.633. The Labute approximate surface area is 111 Å². The van der Waals surface area contributed by atoms with Gasteiger partial charge in [0.2, 0.25) is 0 Å². The fourth-order valence-electron chi connectivity index (χ4n) is 3.52. The van der Waals surface area contributed by atoms with E-state index in [1.54, 1.807) is 0 Å². The fourth-order valence-corrected chi connectivity index (χ4v) is 3.52. The highest BCUT2D eigenvalue weighted by atomic mass is 19.4. The summed E-state index contributed by atoms with van der Waals surface area (Å²) >= 11 is 0. The summed E-state index contributed by atoms with van der Waals surface area (Å²) in [6.45, 7) is 5.98. The number of hydrogen-bond acceptors (Lipinski definition) is 0. The lowest BCUT2D eigenvalue weighted by Gasteiger charge is -2.18. The molecule has 0 saturated carbocycles. The van der Waals surface area contributed by atoms with E-state index in [2.05, 4.69) is 0 Å². The van der Waals surface area contributed by atoms with E-state index in [0.29, 0.717) is 24.0 Å². The van der Waals surface area contributed by atoms with Gasteiger partial charge >= 0.3 is 6.18 Å². The summed E-state index contributed by atoms with van der Waals surface area (Å²) in [6.07, 6.45) is -0.628. The second-order valence-corrected chi connectivity index (χ2v) is 6.64. The van der Waals surface area contributed by atoms with Crippen LogP contribution in [0.5, 0.6) is 0 Å². The van der Waals surface area contributed by atoms with Gasteiger partial charge in [-0.15, -0.1) is 0 Å². The first-order valence-electron chi connectivity index (χ1n) is 6.59. The van der Waals surface area contributed by atoms with E-state index in [0.717, 1.165) is 23.1 Å². The third kappa shape index (κ3) is 1.99. The van der Waals surface area contributed by atoms with Crippen LogP contribution in [0.4, 0.5) is 13.2 Å². The second-order valence-electron chi connectivity index (χ2n) is 6.64. The van der Waals surface area contributed by atoms with Crippen LogP contribution in [-0.4, -0.2) is 0 Å². The Morgan fingerprint density at radius 3 is 2.42 bits per heavy atom. The van der Waals surface area contributed by atoms with E-state index in [1.807, 2.05) is 32.9 Å². The van der Waals surface area contributed by atoms with Crippen LogP contribution in [0.25, 0.3) is 6.08 Å². The lowest BCUT2D eigenvalue weighted by atomic mass is 9.89. The minimum atomic E-state index is -4.24. The number of fused-ring (bicyclic) bond motifs is 2. The molecule has 0 N–H and O–H groups in total. The van der Waals surface area contributed by atoms with Gasteiger partial charge in [-0.1, -0.05) is 31.6 Å². The molecule has 2 aliphatic rings. The second kappa shape index (κ2) is 3.65. The molecular weight excluding hydrogens is 249 g/mol. The van der Waals surface area contributed by atoms with Crippen LogP contribution in [0.3, 0.4) is 0 Å². The van der Waals surface area contributed by atoms with Crippen molar-refractivity contribution in [2.75, 3.05) is 0 Å². The van der Waals surface area contributed by atoms with Crippen molar-refractivity contribution in [2.24, 2.45) is 5.41 Å². The Kier molecular flexibility index (Phi) is 2.45. The van der Waals surface area contributed by atoms with Crippen LogP contribution in [0.2, 0.25) is 0 Å². The molecule has 0 saturated heterocycles. The summed E-state index contributed by atoms with van der Waals surface area (Å²) in [5.41, 5.74) is 3.31. The maximum Gasteiger partial charge on any atom is 0.416 e. The van der Waals surface area contributed by atoms with Crippen LogP contribution in [0.1, 0.15) is 48.6 Å². The minimum absolute atomic E-state index is 0.0593. The molecule has 19 heavy (non-hydrogen) atoms. The van der Waals surface area contributed by atoms with Crippen molar-refractivity contribution in [1.29, 1.82) is 0 Å². The first kappa shape index (κ1) is 12.8. The maximum absolute atomic E-state index is 13.5. The van der Waals surface area contributed by atoms with Crippen LogP contribution in [0.15, 0.2) is 11.6 Å². The third-order valence-corrected chi connectivity index (χ3v) is 4.13. The molecule has 1 aromatic rings. The highest BCUT2D eigenvalue weighted by Crippen LogP contribution is 2.47. The van der Waals surface area contributed by atoms with Crippen molar-refractivity contribution in [3.8, 4) is 0 Å². The van der Waals surface area contributed by atoms with E-state index in [9.17, 15) is 13.2 Å². The molecule has 3 rings (SSSR count). The summed E-state index contributed by atoms with van der Waals surface area (Å²) < 4.78 is 40.4. The molecule has 102 valence electrons. The molecular formula is C16H17F3. The SMILES string of the molecule is CC1=Cc2cc3c(c(C(F)(F)F)c2C1)CC(C)(C)C3. The first-order chi connectivity index (χ1) is 8.67. The first-order valence-corrected chi connectivity index (χ1v) is 6.59. The molecule has 0 heterocycles. The van der Waals surface area contributed by atoms with Gasteiger partial charge in [0, 0.05) is 0 Å². The molecule has 0 nitrogen and oxygen atoms in total. The zero-order valence-corrected chi connectivity index (χ0v) is 11.4. The van der Waals surface area contributed by atoms with Gasteiger partial charge in [0.15, 0.2) is 0 Å². The molecule has 0 aromatic heterocycles. The van der Waals surface area contributed by atoms with Gasteiger partial charge < -0.3 is 0 Å². The zero-order valence-electron chi connectivity index (χ0n) is 11.4. The fraction of sp³-hybridized carbons (Fsp3) is 0.500. The number of benzene rings is 1. The lowest BCUT2D eigenvalue weighted by Crippen LogP contribution is -2.15. The minimum Gasteiger partial charge on any atom is -0.166 e. The molecule has 0 amide bonds. The van der Waals surface area contributed by atoms with E-state index < -0.39 is 6.18 Å². The Hall–Kier alpha value is -1.25. The van der Waals surface area contributed by atoms with E-state index >= 15 is 0 Å². The molecule has 0 radical (unpaired) electrons. The van der Waals surface area contributed by atoms with Crippen molar-refractivity contribution in [3.05, 3.63) is 39.5 Å². The average molecular weight is 266 g/mol. The smallest absolute Gasteiger partial charge is 0.166 e. The highest BCUT2D eigenvalue weighted by Gasteiger charge is 2.42. The molecule has 1 aromatic carbocycles. The normalized spacial score (nSPS) is 20.2. The molecule has 2 aliphatic carbocycles. The van der Waals surface area contributed by atoms with Gasteiger partial charge in [-0.05, 0) is 53.9 Å². The molecule has 0 fully saturated rings. The van der Waals surface area contributed by atoms with Crippen LogP contribution in [-0.2, 0) is 25.4 Å². The molecule has 3 heteroatoms. The van der Waals surface area contributed by atoms with Crippen molar-refractivity contribution in [3.63, 3.8) is 0 Å². The van der Waals surface area contributed by atoms with Crippen molar-refractivity contribution >= 4 is 6.08 Å². The predicted octanol–water partition coefficient (Wildman–Crippen LogP) is 4.79. The monoisotopic (exact) mass is 266 g/mol. The summed E-state index contributed by atoms with van der Waals surface area (Å²) in [5, 5.41) is 0. The summed E-state index contributed by atoms with van der Waals surface area (Å²) in [5.74, 6) is 0. The van der Waals surface area contributed by atoms with Crippen molar-refractivity contribution in [2.45, 2.75) is 46.2 Å². The van der Waals surface area contributed by atoms with E-state index in [1.165, 1.54) is 0 Å². The summed E-state index contributed by atoms with van der Waals surface area (Å²) in [7, 11) is 0. The number of rotatable bonds is 0. The Balaban J connectivity index is 2.26. The Morgan fingerprint density at radius 1 is 1.11 bits per heavy atom. The zero-order chi connectivity index (χ0) is 14.0. The molecule has 0 bridgehead atoms. The molecule has 0 unspecified atom stereocenters. The van der Waals surface area contributed by atoms with Gasteiger partial charge in [0.1, 0.15) is 0 Å². The lowest BCUT2D eigenvalue weighted by molar-refractivity contribution is -0.138. The topological polar surface area (TPSA) is 0 Å². The van der Waals surface area contributed by atoms with Gasteiger partial charge in [-0.3, -0.25) is 0 Å². The largest absolute Gasteiger partial charge is 0.416 e. The van der Waals surface area contributed by atoms with E-state index in [4.69, 9.17) is 0 Å². The standard InChI is InChI=1S/C16H17F3/c1-9-4-10-6-11-7-15(2,3)8-13(11)14(12(10)5-9)16(17,18)19/h4,6H,5,7-8H2,1-3H3. The highest BCUT2D eigenvalue weighted by molar-refractivity contribution is 5.68. The molecule has 0 aliphatic heterocycles. The Bertz CT molecular complexity index is 589. The van der Waals surface area contributed by atoms with E-state index in [-0.39, 0.29) is 11.0 Å². The van der Waals surface area contributed by atoms with Crippen molar-refractivity contribution < 1.29 is 13.2 Å². The summed E-state index contributed by atoms with van der Waals surface area (Å²) in [4.78, 5) is 0. The van der Waals surface area contributed by atoms with Crippen LogP contribution in [0, 0.1) is 5.41 Å². The van der Waals surface area contributed by atoms with Gasteiger partial charge in [-0.2, -0.15) is 13.2 Å². The average Bonchev–Trinajstić information content (AvgIpc) is 2.67. The Morgan fingerprint density at radius 2 is 1.79 bits per heavy atom. The van der Waals surface area contributed by atoms with Crippen molar-refractivity contribution in [1.82, 2.24) is 0 Å². The third-order valence-electron chi connectivity index (χ3n) is 4.13. The van der Waals surface area contributed by atoms with Gasteiger partial charge in [0.05, 0.1) is 5.56 Å². The number of alkyl halides is 3. The molecule has 0 spiro atoms. The number of allylic oxidation sites excluding steroid dienone is 1. The van der Waals surface area contributed by atoms with Crippen LogP contribution >= 0.6 is 0 Å². The number of hydrogen-bond donors (Lipinski definition) is 0. The van der Waals surface area contributed by atoms with Gasteiger partial charge in [0.25, 0.3) is 0 Å². The number of halogens is 3. The molecule has 0 atom stereocenters. The predicted molar refractivity (Wildman–Crippen MR) is 70.0 cm³/mol. The summed E-state index contributed by atoms with van der Waals surface area (Å²) in [6, 6.07) is 1.98. The van der Waals surface area contributed by atoms with Gasteiger partial charge in [-0.25, -0.2) is 0 Å². The maximum atomic E-state index is 13.5.